The maximum absolute atomic E-state index is 6.47. The molecule has 1 saturated heterocycles. The van der Waals surface area contributed by atoms with Gasteiger partial charge >= 0.3 is 0 Å². The summed E-state index contributed by atoms with van der Waals surface area (Å²) in [5, 5.41) is 8.86. The molecule has 2 rings (SSSR count). The summed E-state index contributed by atoms with van der Waals surface area (Å²) >= 11 is 6.47. The molecule has 2 unspecified atom stereocenters. The van der Waals surface area contributed by atoms with Gasteiger partial charge < -0.3 is 10.1 Å². The van der Waals surface area contributed by atoms with Crippen LogP contribution in [-0.4, -0.2) is 36.1 Å². The van der Waals surface area contributed by atoms with Crippen molar-refractivity contribution in [3.05, 3.63) is 16.4 Å². The van der Waals surface area contributed by atoms with Crippen LogP contribution in [0, 0.1) is 5.92 Å². The van der Waals surface area contributed by atoms with E-state index < -0.39 is 0 Å². The molecule has 108 valence electrons. The Hall–Kier alpha value is -0.580. The zero-order valence-corrected chi connectivity index (χ0v) is 12.8. The molecule has 1 aliphatic rings. The highest BCUT2D eigenvalue weighted by molar-refractivity contribution is 6.31. The van der Waals surface area contributed by atoms with Crippen molar-refractivity contribution in [2.75, 3.05) is 20.3 Å². The first kappa shape index (κ1) is 14.8. The molecule has 0 spiro atoms. The van der Waals surface area contributed by atoms with E-state index in [1.807, 2.05) is 11.7 Å². The molecule has 1 aromatic rings. The Balaban J connectivity index is 2.18. The summed E-state index contributed by atoms with van der Waals surface area (Å²) in [7, 11) is 2.02. The molecule has 0 aromatic carbocycles. The van der Waals surface area contributed by atoms with Crippen LogP contribution >= 0.6 is 11.6 Å². The second-order valence-corrected chi connectivity index (χ2v) is 5.48. The van der Waals surface area contributed by atoms with Crippen LogP contribution in [-0.2, 0) is 24.1 Å². The van der Waals surface area contributed by atoms with E-state index in [0.29, 0.717) is 12.0 Å². The van der Waals surface area contributed by atoms with Crippen LogP contribution < -0.4 is 5.32 Å². The molecule has 1 N–H and O–H groups in total. The van der Waals surface area contributed by atoms with Crippen molar-refractivity contribution in [3.8, 4) is 0 Å². The zero-order chi connectivity index (χ0) is 13.8. The van der Waals surface area contributed by atoms with Crippen molar-refractivity contribution in [1.29, 1.82) is 0 Å². The average Bonchev–Trinajstić information content (AvgIpc) is 3.04. The third-order valence-corrected chi connectivity index (χ3v) is 4.45. The topological polar surface area (TPSA) is 39.1 Å². The molecule has 19 heavy (non-hydrogen) atoms. The summed E-state index contributed by atoms with van der Waals surface area (Å²) in [6, 6.07) is 0.409. The first-order valence-electron chi connectivity index (χ1n) is 7.20. The molecule has 5 heteroatoms. The number of rotatable bonds is 6. The maximum atomic E-state index is 6.47. The highest BCUT2D eigenvalue weighted by Crippen LogP contribution is 2.26. The molecule has 0 bridgehead atoms. The van der Waals surface area contributed by atoms with Gasteiger partial charge in [0.25, 0.3) is 0 Å². The van der Waals surface area contributed by atoms with Gasteiger partial charge in [-0.05, 0) is 26.8 Å². The number of hydrogen-bond acceptors (Lipinski definition) is 3. The summed E-state index contributed by atoms with van der Waals surface area (Å²) in [5.74, 6) is 0.575. The third-order valence-electron chi connectivity index (χ3n) is 4.01. The Labute approximate surface area is 120 Å². The third kappa shape index (κ3) is 3.12. The maximum Gasteiger partial charge on any atom is 0.0850 e. The lowest BCUT2D eigenvalue weighted by Crippen LogP contribution is -2.36. The van der Waals surface area contributed by atoms with Crippen LogP contribution in [0.25, 0.3) is 0 Å². The molecular weight excluding hydrogens is 262 g/mol. The van der Waals surface area contributed by atoms with E-state index in [1.54, 1.807) is 0 Å². The fourth-order valence-electron chi connectivity index (χ4n) is 2.80. The van der Waals surface area contributed by atoms with Crippen molar-refractivity contribution >= 4 is 11.6 Å². The molecule has 1 fully saturated rings. The van der Waals surface area contributed by atoms with Crippen molar-refractivity contribution in [2.24, 2.45) is 5.92 Å². The number of aromatic nitrogens is 2. The number of nitrogens with one attached hydrogen (secondary N) is 1. The van der Waals surface area contributed by atoms with E-state index in [0.717, 1.165) is 55.4 Å². The molecule has 0 amide bonds. The van der Waals surface area contributed by atoms with Gasteiger partial charge in [0.05, 0.1) is 23.0 Å². The monoisotopic (exact) mass is 285 g/mol. The zero-order valence-electron chi connectivity index (χ0n) is 12.1. The molecule has 0 radical (unpaired) electrons. The van der Waals surface area contributed by atoms with Gasteiger partial charge in [0.15, 0.2) is 0 Å². The normalized spacial score (nSPS) is 20.9. The lowest BCUT2D eigenvalue weighted by Gasteiger charge is -2.22. The van der Waals surface area contributed by atoms with E-state index in [1.165, 1.54) is 0 Å². The lowest BCUT2D eigenvalue weighted by molar-refractivity contribution is 0.177. The second-order valence-electron chi connectivity index (χ2n) is 5.10. The van der Waals surface area contributed by atoms with Gasteiger partial charge in [-0.15, -0.1) is 0 Å². The number of hydrogen-bond donors (Lipinski definition) is 1. The molecule has 2 heterocycles. The first-order chi connectivity index (χ1) is 9.21. The van der Waals surface area contributed by atoms with Crippen LogP contribution in [0.3, 0.4) is 0 Å². The number of ether oxygens (including phenoxy) is 1. The molecule has 1 aliphatic heterocycles. The summed E-state index contributed by atoms with van der Waals surface area (Å²) in [6.07, 6.45) is 2.93. The van der Waals surface area contributed by atoms with Crippen molar-refractivity contribution < 1.29 is 4.74 Å². The van der Waals surface area contributed by atoms with E-state index in [4.69, 9.17) is 16.3 Å². The summed E-state index contributed by atoms with van der Waals surface area (Å²) in [6.45, 7) is 6.80. The van der Waals surface area contributed by atoms with Crippen LogP contribution in [0.5, 0.6) is 0 Å². The number of halogens is 1. The lowest BCUT2D eigenvalue weighted by atomic mass is 9.95. The first-order valence-corrected chi connectivity index (χ1v) is 7.58. The summed E-state index contributed by atoms with van der Waals surface area (Å²) < 4.78 is 7.54. The Bertz CT molecular complexity index is 413. The number of likely N-dealkylation sites (N-methyl/N-ethyl adjacent to an activating group) is 1. The van der Waals surface area contributed by atoms with Crippen molar-refractivity contribution in [2.45, 2.75) is 45.7 Å². The fourth-order valence-corrected chi connectivity index (χ4v) is 3.14. The van der Waals surface area contributed by atoms with Gasteiger partial charge in [0.1, 0.15) is 0 Å². The predicted octanol–water partition coefficient (Wildman–Crippen LogP) is 2.29. The fraction of sp³-hybridized carbons (Fsp3) is 0.786. The van der Waals surface area contributed by atoms with E-state index in [-0.39, 0.29) is 0 Å². The molecule has 0 aliphatic carbocycles. The standard InChI is InChI=1S/C14H24ClN3O/c1-4-11-14(15)13(18(5-2)17-11)8-12(16-3)10-6-7-19-9-10/h10,12,16H,4-9H2,1-3H3. The van der Waals surface area contributed by atoms with E-state index in [2.05, 4.69) is 24.3 Å². The molecule has 0 saturated carbocycles. The van der Waals surface area contributed by atoms with Crippen molar-refractivity contribution in [3.63, 3.8) is 0 Å². The van der Waals surface area contributed by atoms with Gasteiger partial charge in [-0.1, -0.05) is 18.5 Å². The van der Waals surface area contributed by atoms with Gasteiger partial charge in [-0.3, -0.25) is 4.68 Å². The Kier molecular flexibility index (Phi) is 5.25. The largest absolute Gasteiger partial charge is 0.381 e. The molecular formula is C14H24ClN3O. The van der Waals surface area contributed by atoms with Gasteiger partial charge in [0, 0.05) is 31.5 Å². The van der Waals surface area contributed by atoms with Gasteiger partial charge in [-0.25, -0.2) is 0 Å². The van der Waals surface area contributed by atoms with Crippen LogP contribution in [0.2, 0.25) is 5.02 Å². The SMILES string of the molecule is CCc1nn(CC)c(CC(NC)C2CCOC2)c1Cl. The summed E-state index contributed by atoms with van der Waals surface area (Å²) in [4.78, 5) is 0. The molecule has 1 aromatic heterocycles. The summed E-state index contributed by atoms with van der Waals surface area (Å²) in [5.41, 5.74) is 2.17. The molecule has 4 nitrogen and oxygen atoms in total. The quantitative estimate of drug-likeness (QED) is 0.872. The Morgan fingerprint density at radius 1 is 1.53 bits per heavy atom. The number of aryl methyl sites for hydroxylation is 2. The van der Waals surface area contributed by atoms with Gasteiger partial charge in [-0.2, -0.15) is 5.10 Å². The molecule has 2 atom stereocenters. The smallest absolute Gasteiger partial charge is 0.0850 e. The minimum atomic E-state index is 0.409. The van der Waals surface area contributed by atoms with Crippen LogP contribution in [0.15, 0.2) is 0 Å². The number of nitrogens with zero attached hydrogens (tertiary/aromatic N) is 2. The van der Waals surface area contributed by atoms with E-state index in [9.17, 15) is 0 Å². The minimum Gasteiger partial charge on any atom is -0.381 e. The van der Waals surface area contributed by atoms with Gasteiger partial charge in [0.2, 0.25) is 0 Å². The van der Waals surface area contributed by atoms with Crippen molar-refractivity contribution in [1.82, 2.24) is 15.1 Å². The van der Waals surface area contributed by atoms with Crippen LogP contribution in [0.1, 0.15) is 31.7 Å². The van der Waals surface area contributed by atoms with Crippen LogP contribution in [0.4, 0.5) is 0 Å². The second kappa shape index (κ2) is 6.73. The Morgan fingerprint density at radius 3 is 2.84 bits per heavy atom. The predicted molar refractivity (Wildman–Crippen MR) is 77.8 cm³/mol. The average molecular weight is 286 g/mol. The minimum absolute atomic E-state index is 0.409. The highest BCUT2D eigenvalue weighted by Gasteiger charge is 2.27. The highest BCUT2D eigenvalue weighted by atomic mass is 35.5. The van der Waals surface area contributed by atoms with E-state index >= 15 is 0 Å². The Morgan fingerprint density at radius 2 is 2.32 bits per heavy atom.